The van der Waals surface area contributed by atoms with Crippen LogP contribution in [0.15, 0.2) is 18.6 Å². The zero-order valence-electron chi connectivity index (χ0n) is 14.7. The van der Waals surface area contributed by atoms with Gasteiger partial charge < -0.3 is 9.88 Å². The van der Waals surface area contributed by atoms with Crippen LogP contribution in [0.4, 0.5) is 5.82 Å². The molecular weight excluding hydrogens is 318 g/mol. The Balaban J connectivity index is 1.30. The molecule has 2 aromatic rings. The van der Waals surface area contributed by atoms with Crippen LogP contribution in [0.1, 0.15) is 39.5 Å². The highest BCUT2D eigenvalue weighted by Gasteiger charge is 2.54. The minimum Gasteiger partial charge on any atom is -0.356 e. The van der Waals surface area contributed by atoms with Crippen molar-refractivity contribution in [2.45, 2.75) is 51.6 Å². The Hall–Kier alpha value is -1.27. The average molecular weight is 346 g/mol. The molecule has 2 aromatic heterocycles. The fourth-order valence-electron chi connectivity index (χ4n) is 4.26. The van der Waals surface area contributed by atoms with Crippen molar-refractivity contribution >= 4 is 28.8 Å². The van der Waals surface area contributed by atoms with Gasteiger partial charge in [0.1, 0.15) is 17.8 Å². The van der Waals surface area contributed by atoms with Crippen LogP contribution in [-0.4, -0.2) is 39.8 Å². The summed E-state index contributed by atoms with van der Waals surface area (Å²) in [7, 11) is 2.18. The minimum atomic E-state index is 0.597. The summed E-state index contributed by atoms with van der Waals surface area (Å²) in [5.74, 6) is 3.02. The number of hydrogen-bond acceptors (Lipinski definition) is 5. The van der Waals surface area contributed by atoms with Crippen molar-refractivity contribution in [1.29, 1.82) is 0 Å². The van der Waals surface area contributed by atoms with Crippen LogP contribution >= 0.6 is 11.9 Å². The lowest BCUT2D eigenvalue weighted by molar-refractivity contribution is -0.0113. The molecule has 2 aliphatic carbocycles. The standard InChI is InChI=1S/C18H27N5S/c1-12(2)10-24-22-13-6-18(7-13)8-14(9-18)23(3)17-15-4-5-19-16(15)20-11-21-17/h4-5,11-14,22H,6-10H2,1-3H3,(H,19,20,21). The van der Waals surface area contributed by atoms with E-state index >= 15 is 0 Å². The Morgan fingerprint density at radius 2 is 2.12 bits per heavy atom. The highest BCUT2D eigenvalue weighted by atomic mass is 32.2. The SMILES string of the molecule is CC(C)CSNC1CC2(C1)CC(N(C)c1ncnc3[nH]ccc13)C2. The maximum absolute atomic E-state index is 4.52. The molecule has 0 aliphatic heterocycles. The third-order valence-electron chi connectivity index (χ3n) is 5.58. The number of aromatic nitrogens is 3. The van der Waals surface area contributed by atoms with Crippen LogP contribution in [0, 0.1) is 11.3 Å². The van der Waals surface area contributed by atoms with Gasteiger partial charge in [0.2, 0.25) is 0 Å². The number of hydrogen-bond donors (Lipinski definition) is 2. The van der Waals surface area contributed by atoms with E-state index in [0.29, 0.717) is 11.5 Å². The first kappa shape index (κ1) is 16.2. The first-order chi connectivity index (χ1) is 11.6. The molecule has 2 saturated carbocycles. The predicted molar refractivity (Wildman–Crippen MR) is 101 cm³/mol. The number of H-pyrrole nitrogens is 1. The van der Waals surface area contributed by atoms with Gasteiger partial charge in [-0.15, -0.1) is 0 Å². The molecule has 2 N–H and O–H groups in total. The zero-order chi connectivity index (χ0) is 16.7. The number of anilines is 1. The molecule has 2 heterocycles. The molecule has 6 heteroatoms. The number of nitrogens with zero attached hydrogens (tertiary/aromatic N) is 3. The zero-order valence-corrected chi connectivity index (χ0v) is 15.6. The summed E-state index contributed by atoms with van der Waals surface area (Å²) in [6.07, 6.45) is 8.88. The van der Waals surface area contributed by atoms with Crippen LogP contribution in [0.3, 0.4) is 0 Å². The lowest BCUT2D eigenvalue weighted by Gasteiger charge is -2.59. The maximum atomic E-state index is 4.52. The molecule has 0 atom stereocenters. The van der Waals surface area contributed by atoms with Crippen molar-refractivity contribution in [1.82, 2.24) is 19.7 Å². The van der Waals surface area contributed by atoms with Gasteiger partial charge in [0.05, 0.1) is 5.39 Å². The Bertz CT molecular complexity index is 698. The molecule has 1 spiro atoms. The normalized spacial score (nSPS) is 29.0. The largest absolute Gasteiger partial charge is 0.356 e. The van der Waals surface area contributed by atoms with Crippen molar-refractivity contribution < 1.29 is 0 Å². The van der Waals surface area contributed by atoms with Gasteiger partial charge in [-0.25, -0.2) is 9.97 Å². The molecule has 0 unspecified atom stereocenters. The van der Waals surface area contributed by atoms with E-state index in [1.165, 1.54) is 31.4 Å². The van der Waals surface area contributed by atoms with Crippen LogP contribution in [0.2, 0.25) is 0 Å². The maximum Gasteiger partial charge on any atom is 0.142 e. The predicted octanol–water partition coefficient (Wildman–Crippen LogP) is 3.60. The second-order valence-electron chi connectivity index (χ2n) is 8.04. The third kappa shape index (κ3) is 2.90. The van der Waals surface area contributed by atoms with E-state index < -0.39 is 0 Å². The number of fused-ring (bicyclic) bond motifs is 1. The van der Waals surface area contributed by atoms with Crippen molar-refractivity contribution in [3.63, 3.8) is 0 Å². The molecular formula is C18H27N5S. The fraction of sp³-hybridized carbons (Fsp3) is 0.667. The van der Waals surface area contributed by atoms with Gasteiger partial charge in [0.25, 0.3) is 0 Å². The molecule has 0 aromatic carbocycles. The third-order valence-corrected chi connectivity index (χ3v) is 6.91. The van der Waals surface area contributed by atoms with Gasteiger partial charge in [-0.05, 0) is 43.1 Å². The van der Waals surface area contributed by atoms with Gasteiger partial charge >= 0.3 is 0 Å². The van der Waals surface area contributed by atoms with E-state index in [2.05, 4.69) is 51.5 Å². The summed E-state index contributed by atoms with van der Waals surface area (Å²) in [5, 5.41) is 1.12. The highest BCUT2D eigenvalue weighted by Crippen LogP contribution is 2.57. The van der Waals surface area contributed by atoms with Crippen molar-refractivity contribution in [3.8, 4) is 0 Å². The van der Waals surface area contributed by atoms with Crippen LogP contribution in [0.25, 0.3) is 11.0 Å². The van der Waals surface area contributed by atoms with Gasteiger partial charge in [-0.2, -0.15) is 0 Å². The monoisotopic (exact) mass is 345 g/mol. The molecule has 0 saturated heterocycles. The summed E-state index contributed by atoms with van der Waals surface area (Å²) in [6.45, 7) is 4.55. The molecule has 0 amide bonds. The Labute approximate surface area is 148 Å². The lowest BCUT2D eigenvalue weighted by Crippen LogP contribution is -2.59. The van der Waals surface area contributed by atoms with Gasteiger partial charge in [0, 0.05) is 31.1 Å². The molecule has 0 bridgehead atoms. The van der Waals surface area contributed by atoms with Crippen molar-refractivity contribution in [2.75, 3.05) is 17.7 Å². The fourth-order valence-corrected chi connectivity index (χ4v) is 5.09. The number of rotatable bonds is 6. The summed E-state index contributed by atoms with van der Waals surface area (Å²) >= 11 is 1.91. The molecule has 0 radical (unpaired) electrons. The second kappa shape index (κ2) is 6.23. The summed E-state index contributed by atoms with van der Waals surface area (Å²) in [5.41, 5.74) is 1.52. The number of nitrogens with one attached hydrogen (secondary N) is 2. The number of aromatic amines is 1. The van der Waals surface area contributed by atoms with E-state index in [4.69, 9.17) is 0 Å². The summed E-state index contributed by atoms with van der Waals surface area (Å²) in [4.78, 5) is 14.3. The first-order valence-electron chi connectivity index (χ1n) is 8.94. The first-order valence-corrected chi connectivity index (χ1v) is 9.93. The van der Waals surface area contributed by atoms with E-state index in [-0.39, 0.29) is 0 Å². The summed E-state index contributed by atoms with van der Waals surface area (Å²) in [6, 6.07) is 3.41. The van der Waals surface area contributed by atoms with Gasteiger partial charge in [-0.3, -0.25) is 4.72 Å². The molecule has 2 fully saturated rings. The van der Waals surface area contributed by atoms with Gasteiger partial charge in [0.15, 0.2) is 0 Å². The average Bonchev–Trinajstić information content (AvgIpc) is 2.94. The van der Waals surface area contributed by atoms with E-state index in [9.17, 15) is 0 Å². The van der Waals surface area contributed by atoms with E-state index in [1.54, 1.807) is 6.33 Å². The smallest absolute Gasteiger partial charge is 0.142 e. The topological polar surface area (TPSA) is 56.8 Å². The Morgan fingerprint density at radius 1 is 1.33 bits per heavy atom. The van der Waals surface area contributed by atoms with E-state index in [0.717, 1.165) is 28.8 Å². The molecule has 4 rings (SSSR count). The van der Waals surface area contributed by atoms with Crippen molar-refractivity contribution in [3.05, 3.63) is 18.6 Å². The molecule has 130 valence electrons. The summed E-state index contributed by atoms with van der Waals surface area (Å²) < 4.78 is 3.65. The minimum absolute atomic E-state index is 0.597. The van der Waals surface area contributed by atoms with Crippen LogP contribution in [-0.2, 0) is 0 Å². The molecule has 5 nitrogen and oxygen atoms in total. The second-order valence-corrected chi connectivity index (χ2v) is 8.90. The highest BCUT2D eigenvalue weighted by molar-refractivity contribution is 7.97. The lowest BCUT2D eigenvalue weighted by atomic mass is 9.52. The Morgan fingerprint density at radius 3 is 2.88 bits per heavy atom. The van der Waals surface area contributed by atoms with Crippen molar-refractivity contribution in [2.24, 2.45) is 11.3 Å². The quantitative estimate of drug-likeness (QED) is 0.784. The Kier molecular flexibility index (Phi) is 4.21. The van der Waals surface area contributed by atoms with Crippen LogP contribution in [0.5, 0.6) is 0 Å². The van der Waals surface area contributed by atoms with Crippen LogP contribution < -0.4 is 9.62 Å². The van der Waals surface area contributed by atoms with Gasteiger partial charge in [-0.1, -0.05) is 25.8 Å². The molecule has 2 aliphatic rings. The molecule has 24 heavy (non-hydrogen) atoms. The van der Waals surface area contributed by atoms with E-state index in [1.807, 2.05) is 18.1 Å².